The number of hydrogen-bond donors (Lipinski definition) is 1. The predicted molar refractivity (Wildman–Crippen MR) is 103 cm³/mol. The Labute approximate surface area is 156 Å². The summed E-state index contributed by atoms with van der Waals surface area (Å²) in [4.78, 5) is 14.6. The van der Waals surface area contributed by atoms with Gasteiger partial charge in [0, 0.05) is 50.7 Å². The third-order valence-corrected chi connectivity index (χ3v) is 5.05. The minimum Gasteiger partial charge on any atom is -0.353 e. The van der Waals surface area contributed by atoms with Crippen molar-refractivity contribution in [3.05, 3.63) is 66.5 Å². The normalized spacial score (nSPS) is 15.7. The Balaban J connectivity index is 1.28. The molecule has 2 heterocycles. The van der Waals surface area contributed by atoms with Gasteiger partial charge >= 0.3 is 0 Å². The van der Waals surface area contributed by atoms with Gasteiger partial charge in [-0.25, -0.2) is 4.57 Å². The van der Waals surface area contributed by atoms with Crippen LogP contribution in [0.5, 0.6) is 0 Å². The Morgan fingerprint density at radius 2 is 1.69 bits per heavy atom. The Morgan fingerprint density at radius 1 is 1.00 bits per heavy atom. The molecule has 3 rings (SSSR count). The number of pyridine rings is 1. The highest BCUT2D eigenvalue weighted by Gasteiger charge is 2.20. The molecule has 1 aromatic heterocycles. The molecule has 0 spiro atoms. The second-order valence-electron chi connectivity index (χ2n) is 7.17. The monoisotopic (exact) mass is 352 g/mol. The first-order chi connectivity index (χ1) is 12.8. The highest BCUT2D eigenvalue weighted by atomic mass is 16.1. The molecular formula is C22H30N3O+. The first kappa shape index (κ1) is 18.6. The van der Waals surface area contributed by atoms with Gasteiger partial charge in [-0.1, -0.05) is 36.4 Å². The molecule has 1 N–H and O–H groups in total. The van der Waals surface area contributed by atoms with Crippen LogP contribution in [0.2, 0.25) is 0 Å². The number of hydrogen-bond acceptors (Lipinski definition) is 2. The summed E-state index contributed by atoms with van der Waals surface area (Å²) >= 11 is 0. The highest BCUT2D eigenvalue weighted by molar-refractivity contribution is 5.76. The Morgan fingerprint density at radius 3 is 2.42 bits per heavy atom. The van der Waals surface area contributed by atoms with Gasteiger partial charge in [0.15, 0.2) is 12.4 Å². The quantitative estimate of drug-likeness (QED) is 0.586. The zero-order valence-corrected chi connectivity index (χ0v) is 15.5. The van der Waals surface area contributed by atoms with Gasteiger partial charge in [0.2, 0.25) is 5.91 Å². The molecule has 138 valence electrons. The lowest BCUT2D eigenvalue weighted by molar-refractivity contribution is -0.697. The van der Waals surface area contributed by atoms with Crippen LogP contribution in [0, 0.1) is 0 Å². The zero-order chi connectivity index (χ0) is 18.0. The number of carbonyl (C=O) groups excluding carboxylic acids is 1. The molecule has 1 aromatic carbocycles. The van der Waals surface area contributed by atoms with E-state index in [4.69, 9.17) is 0 Å². The lowest BCUT2D eigenvalue weighted by Crippen LogP contribution is -2.44. The molecule has 0 atom stereocenters. The third-order valence-electron chi connectivity index (χ3n) is 5.05. The number of rotatable bonds is 8. The van der Waals surface area contributed by atoms with Gasteiger partial charge in [0.05, 0.1) is 0 Å². The van der Waals surface area contributed by atoms with Gasteiger partial charge in [-0.05, 0) is 24.8 Å². The smallest absolute Gasteiger partial charge is 0.220 e. The topological polar surface area (TPSA) is 36.2 Å². The summed E-state index contributed by atoms with van der Waals surface area (Å²) in [6.07, 6.45) is 8.87. The van der Waals surface area contributed by atoms with Crippen LogP contribution in [0.4, 0.5) is 0 Å². The minimum atomic E-state index is 0.213. The van der Waals surface area contributed by atoms with Gasteiger partial charge < -0.3 is 5.32 Å². The lowest BCUT2D eigenvalue weighted by atomic mass is 10.0. The molecule has 1 fully saturated rings. The van der Waals surface area contributed by atoms with Crippen molar-refractivity contribution in [3.63, 3.8) is 0 Å². The number of carbonyl (C=O) groups is 1. The van der Waals surface area contributed by atoms with E-state index in [0.29, 0.717) is 12.5 Å². The van der Waals surface area contributed by atoms with E-state index < -0.39 is 0 Å². The number of aromatic nitrogens is 1. The molecule has 0 radical (unpaired) electrons. The van der Waals surface area contributed by atoms with Crippen LogP contribution < -0.4 is 9.88 Å². The van der Waals surface area contributed by atoms with Crippen LogP contribution in [0.15, 0.2) is 60.9 Å². The number of likely N-dealkylation sites (tertiary alicyclic amines) is 1. The van der Waals surface area contributed by atoms with Crippen molar-refractivity contribution in [3.8, 4) is 0 Å². The fraction of sp³-hybridized carbons (Fsp3) is 0.455. The van der Waals surface area contributed by atoms with Crippen LogP contribution in [0.1, 0.15) is 37.7 Å². The van der Waals surface area contributed by atoms with E-state index in [9.17, 15) is 4.79 Å². The van der Waals surface area contributed by atoms with Crippen LogP contribution in [0.3, 0.4) is 0 Å². The molecular weight excluding hydrogens is 322 g/mol. The van der Waals surface area contributed by atoms with E-state index in [1.807, 2.05) is 18.2 Å². The van der Waals surface area contributed by atoms with Gasteiger partial charge in [-0.2, -0.15) is 0 Å². The largest absolute Gasteiger partial charge is 0.353 e. The van der Waals surface area contributed by atoms with Crippen molar-refractivity contribution >= 4 is 5.91 Å². The number of nitrogens with zero attached hydrogens (tertiary/aromatic N) is 2. The number of amides is 1. The lowest BCUT2D eigenvalue weighted by Gasteiger charge is -2.32. The molecule has 26 heavy (non-hydrogen) atoms. The Hall–Kier alpha value is -2.20. The van der Waals surface area contributed by atoms with Gasteiger partial charge in [0.25, 0.3) is 0 Å². The molecule has 2 aromatic rings. The van der Waals surface area contributed by atoms with E-state index in [-0.39, 0.29) is 5.91 Å². The fourth-order valence-electron chi connectivity index (χ4n) is 3.54. The summed E-state index contributed by atoms with van der Waals surface area (Å²) in [5, 5.41) is 3.23. The van der Waals surface area contributed by atoms with E-state index in [1.54, 1.807) is 0 Å². The third kappa shape index (κ3) is 6.26. The Kier molecular flexibility index (Phi) is 7.20. The van der Waals surface area contributed by atoms with Gasteiger partial charge in [0.1, 0.15) is 6.54 Å². The summed E-state index contributed by atoms with van der Waals surface area (Å²) in [6.45, 7) is 4.11. The maximum atomic E-state index is 12.2. The van der Waals surface area contributed by atoms with Crippen molar-refractivity contribution in [2.75, 3.05) is 13.1 Å². The number of unbranched alkanes of at least 4 members (excludes halogenated alkanes) is 1. The maximum absolute atomic E-state index is 12.2. The molecule has 1 aliphatic heterocycles. The van der Waals surface area contributed by atoms with Crippen LogP contribution in [0.25, 0.3) is 0 Å². The summed E-state index contributed by atoms with van der Waals surface area (Å²) in [6, 6.07) is 17.1. The maximum Gasteiger partial charge on any atom is 0.220 e. The van der Waals surface area contributed by atoms with Crippen LogP contribution in [-0.2, 0) is 17.9 Å². The molecule has 0 saturated carbocycles. The van der Waals surface area contributed by atoms with Crippen molar-refractivity contribution in [2.45, 2.75) is 51.2 Å². The SMILES string of the molecule is O=C(CCCC[n+]1ccccc1)NC1CCN(Cc2ccccc2)CC1. The highest BCUT2D eigenvalue weighted by Crippen LogP contribution is 2.14. The van der Waals surface area contributed by atoms with E-state index >= 15 is 0 Å². The average Bonchev–Trinajstić information content (AvgIpc) is 2.68. The minimum absolute atomic E-state index is 0.213. The molecule has 4 nitrogen and oxygen atoms in total. The van der Waals surface area contributed by atoms with Crippen molar-refractivity contribution in [1.29, 1.82) is 0 Å². The van der Waals surface area contributed by atoms with E-state index in [0.717, 1.165) is 51.9 Å². The molecule has 4 heteroatoms. The summed E-state index contributed by atoms with van der Waals surface area (Å²) in [5.41, 5.74) is 1.37. The summed E-state index contributed by atoms with van der Waals surface area (Å²) < 4.78 is 2.17. The van der Waals surface area contributed by atoms with Gasteiger partial charge in [-0.3, -0.25) is 9.69 Å². The molecule has 0 unspecified atom stereocenters. The molecule has 1 saturated heterocycles. The molecule has 0 aliphatic carbocycles. The van der Waals surface area contributed by atoms with Crippen LogP contribution >= 0.6 is 0 Å². The average molecular weight is 353 g/mol. The summed E-state index contributed by atoms with van der Waals surface area (Å²) in [5.74, 6) is 0.213. The molecule has 1 amide bonds. The number of piperidine rings is 1. The number of aryl methyl sites for hydroxylation is 1. The number of nitrogens with one attached hydrogen (secondary N) is 1. The first-order valence-corrected chi connectivity index (χ1v) is 9.79. The van der Waals surface area contributed by atoms with E-state index in [1.165, 1.54) is 5.56 Å². The fourth-order valence-corrected chi connectivity index (χ4v) is 3.54. The molecule has 1 aliphatic rings. The van der Waals surface area contributed by atoms with Crippen molar-refractivity contribution in [2.24, 2.45) is 0 Å². The predicted octanol–water partition coefficient (Wildman–Crippen LogP) is 2.93. The summed E-state index contributed by atoms with van der Waals surface area (Å²) in [7, 11) is 0. The second-order valence-corrected chi connectivity index (χ2v) is 7.17. The second kappa shape index (κ2) is 10.1. The van der Waals surface area contributed by atoms with Crippen LogP contribution in [-0.4, -0.2) is 29.9 Å². The molecule has 0 bridgehead atoms. The van der Waals surface area contributed by atoms with Crippen molar-refractivity contribution < 1.29 is 9.36 Å². The number of benzene rings is 1. The Bertz CT molecular complexity index is 652. The van der Waals surface area contributed by atoms with Crippen molar-refractivity contribution in [1.82, 2.24) is 10.2 Å². The van der Waals surface area contributed by atoms with E-state index in [2.05, 4.69) is 57.5 Å². The first-order valence-electron chi connectivity index (χ1n) is 9.79. The standard InChI is InChI=1S/C22H29N3O/c26-22(11-5-8-16-24-14-6-2-7-15-24)23-21-12-17-25(18-13-21)19-20-9-3-1-4-10-20/h1-4,6-7,9-10,14-15,21H,5,8,11-13,16-19H2/p+1. The van der Waals surface area contributed by atoms with Gasteiger partial charge in [-0.15, -0.1) is 0 Å². The zero-order valence-electron chi connectivity index (χ0n) is 15.5.